The van der Waals surface area contributed by atoms with Gasteiger partial charge in [0.25, 0.3) is 0 Å². The molecule has 1 aromatic heterocycles. The Bertz CT molecular complexity index is 706. The lowest BCUT2D eigenvalue weighted by Gasteiger charge is -2.13. The molecule has 0 atom stereocenters. The van der Waals surface area contributed by atoms with E-state index in [4.69, 9.17) is 11.6 Å². The van der Waals surface area contributed by atoms with E-state index in [2.05, 4.69) is 20.6 Å². The number of amides is 1. The number of halogens is 4. The number of hydrogen-bond acceptors (Lipinski definition) is 4. The van der Waals surface area contributed by atoms with Gasteiger partial charge in [0, 0.05) is 24.5 Å². The second kappa shape index (κ2) is 6.18. The highest BCUT2D eigenvalue weighted by Crippen LogP contribution is 2.35. The van der Waals surface area contributed by atoms with Gasteiger partial charge in [0.1, 0.15) is 11.4 Å². The minimum Gasteiger partial charge on any atom is -0.340 e. The molecule has 22 heavy (non-hydrogen) atoms. The average molecular weight is 331 g/mol. The second-order valence-corrected chi connectivity index (χ2v) is 4.62. The maximum Gasteiger partial charge on any atom is 0.421 e. The molecule has 0 bridgehead atoms. The van der Waals surface area contributed by atoms with E-state index in [0.29, 0.717) is 17.6 Å². The summed E-state index contributed by atoms with van der Waals surface area (Å²) in [6, 6.07) is 6.17. The molecule has 9 heteroatoms. The number of anilines is 3. The average Bonchev–Trinajstić information content (AvgIpc) is 2.36. The molecule has 116 valence electrons. The standard InChI is InChI=1S/C13H10ClF3N4O/c1-7(22)19-8-3-2-4-9(5-8)20-11-10(13(15,16)17)6-18-12(14)21-11/h2-6H,1H3,(H,19,22)(H,18,20,21). The molecule has 0 unspecified atom stereocenters. The van der Waals surface area contributed by atoms with Crippen molar-refractivity contribution in [1.82, 2.24) is 9.97 Å². The Morgan fingerprint density at radius 1 is 1.27 bits per heavy atom. The van der Waals surface area contributed by atoms with Crippen molar-refractivity contribution >= 4 is 34.7 Å². The monoisotopic (exact) mass is 330 g/mol. The van der Waals surface area contributed by atoms with Crippen LogP contribution in [0.2, 0.25) is 5.28 Å². The van der Waals surface area contributed by atoms with Gasteiger partial charge in [0.15, 0.2) is 0 Å². The Balaban J connectivity index is 2.34. The third kappa shape index (κ3) is 4.08. The minimum absolute atomic E-state index is 0.293. The van der Waals surface area contributed by atoms with Crippen molar-refractivity contribution in [1.29, 1.82) is 0 Å². The third-order valence-corrected chi connectivity index (χ3v) is 2.69. The maximum atomic E-state index is 12.9. The van der Waals surface area contributed by atoms with E-state index in [9.17, 15) is 18.0 Å². The van der Waals surface area contributed by atoms with Gasteiger partial charge in [-0.1, -0.05) is 6.07 Å². The van der Waals surface area contributed by atoms with Gasteiger partial charge in [-0.3, -0.25) is 4.79 Å². The zero-order chi connectivity index (χ0) is 16.3. The Labute approximate surface area is 128 Å². The molecular formula is C13H10ClF3N4O. The molecular weight excluding hydrogens is 321 g/mol. The number of nitrogens with zero attached hydrogens (tertiary/aromatic N) is 2. The molecule has 2 aromatic rings. The number of carbonyl (C=O) groups is 1. The van der Waals surface area contributed by atoms with E-state index >= 15 is 0 Å². The normalized spacial score (nSPS) is 11.1. The predicted molar refractivity (Wildman–Crippen MR) is 76.1 cm³/mol. The first-order valence-corrected chi connectivity index (χ1v) is 6.38. The van der Waals surface area contributed by atoms with E-state index in [1.165, 1.54) is 19.1 Å². The zero-order valence-corrected chi connectivity index (χ0v) is 12.0. The van der Waals surface area contributed by atoms with Crippen LogP contribution in [0.4, 0.5) is 30.4 Å². The Hall–Kier alpha value is -2.35. The van der Waals surface area contributed by atoms with Gasteiger partial charge < -0.3 is 10.6 Å². The van der Waals surface area contributed by atoms with Gasteiger partial charge in [-0.25, -0.2) is 4.98 Å². The quantitative estimate of drug-likeness (QED) is 0.839. The summed E-state index contributed by atoms with van der Waals surface area (Å²) in [4.78, 5) is 17.9. The molecule has 0 aliphatic carbocycles. The van der Waals surface area contributed by atoms with Crippen LogP contribution in [0.5, 0.6) is 0 Å². The molecule has 0 fully saturated rings. The Kier molecular flexibility index (Phi) is 4.51. The lowest BCUT2D eigenvalue weighted by Crippen LogP contribution is -2.11. The van der Waals surface area contributed by atoms with E-state index in [-0.39, 0.29) is 11.2 Å². The van der Waals surface area contributed by atoms with Gasteiger partial charge in [-0.15, -0.1) is 0 Å². The van der Waals surface area contributed by atoms with Crippen molar-refractivity contribution in [3.8, 4) is 0 Å². The van der Waals surface area contributed by atoms with Gasteiger partial charge in [-0.05, 0) is 29.8 Å². The highest BCUT2D eigenvalue weighted by atomic mass is 35.5. The van der Waals surface area contributed by atoms with Crippen molar-refractivity contribution in [2.75, 3.05) is 10.6 Å². The van der Waals surface area contributed by atoms with Crippen LogP contribution >= 0.6 is 11.6 Å². The molecule has 1 aromatic carbocycles. The minimum atomic E-state index is -4.62. The van der Waals surface area contributed by atoms with Gasteiger partial charge in [-0.2, -0.15) is 18.2 Å². The first-order chi connectivity index (χ1) is 10.3. The second-order valence-electron chi connectivity index (χ2n) is 4.29. The fourth-order valence-corrected chi connectivity index (χ4v) is 1.81. The van der Waals surface area contributed by atoms with E-state index in [1.807, 2.05) is 0 Å². The fraction of sp³-hybridized carbons (Fsp3) is 0.154. The summed E-state index contributed by atoms with van der Waals surface area (Å²) >= 11 is 5.55. The van der Waals surface area contributed by atoms with Crippen molar-refractivity contribution in [2.45, 2.75) is 13.1 Å². The van der Waals surface area contributed by atoms with Crippen LogP contribution in [0.1, 0.15) is 12.5 Å². The van der Waals surface area contributed by atoms with Crippen LogP contribution < -0.4 is 10.6 Å². The molecule has 0 saturated heterocycles. The number of alkyl halides is 3. The topological polar surface area (TPSA) is 66.9 Å². The molecule has 2 rings (SSSR count). The summed E-state index contributed by atoms with van der Waals surface area (Å²) < 4.78 is 38.7. The lowest BCUT2D eigenvalue weighted by atomic mass is 10.2. The van der Waals surface area contributed by atoms with E-state index < -0.39 is 17.6 Å². The first-order valence-electron chi connectivity index (χ1n) is 6.00. The highest BCUT2D eigenvalue weighted by Gasteiger charge is 2.35. The first kappa shape index (κ1) is 16.0. The van der Waals surface area contributed by atoms with Crippen LogP contribution in [0, 0.1) is 0 Å². The largest absolute Gasteiger partial charge is 0.421 e. The summed E-state index contributed by atoms with van der Waals surface area (Å²) in [6.45, 7) is 1.33. The molecule has 0 aliphatic rings. The third-order valence-electron chi connectivity index (χ3n) is 2.51. The molecule has 5 nitrogen and oxygen atoms in total. The predicted octanol–water partition coefficient (Wildman–Crippen LogP) is 3.85. The summed E-state index contributed by atoms with van der Waals surface area (Å²) in [5.74, 6) is -0.759. The number of nitrogens with one attached hydrogen (secondary N) is 2. The Morgan fingerprint density at radius 2 is 1.95 bits per heavy atom. The van der Waals surface area contributed by atoms with Crippen molar-refractivity contribution in [3.05, 3.63) is 41.3 Å². The summed E-state index contributed by atoms with van der Waals surface area (Å²) in [5.41, 5.74) is -0.292. The van der Waals surface area contributed by atoms with Crippen LogP contribution in [-0.2, 0) is 11.0 Å². The van der Waals surface area contributed by atoms with E-state index in [1.54, 1.807) is 12.1 Å². The number of hydrogen-bond donors (Lipinski definition) is 2. The van der Waals surface area contributed by atoms with Crippen LogP contribution in [0.3, 0.4) is 0 Å². The van der Waals surface area contributed by atoms with Crippen LogP contribution in [-0.4, -0.2) is 15.9 Å². The zero-order valence-electron chi connectivity index (χ0n) is 11.2. The van der Waals surface area contributed by atoms with Crippen LogP contribution in [0.25, 0.3) is 0 Å². The highest BCUT2D eigenvalue weighted by molar-refractivity contribution is 6.28. The number of benzene rings is 1. The smallest absolute Gasteiger partial charge is 0.340 e. The molecule has 2 N–H and O–H groups in total. The molecule has 0 aliphatic heterocycles. The van der Waals surface area contributed by atoms with Gasteiger partial charge >= 0.3 is 6.18 Å². The van der Waals surface area contributed by atoms with Gasteiger partial charge in [0.05, 0.1) is 0 Å². The lowest BCUT2D eigenvalue weighted by molar-refractivity contribution is -0.137. The molecule has 0 spiro atoms. The number of aromatic nitrogens is 2. The summed E-state index contributed by atoms with van der Waals surface area (Å²) in [6.07, 6.45) is -4.02. The molecule has 1 heterocycles. The van der Waals surface area contributed by atoms with E-state index in [0.717, 1.165) is 0 Å². The molecule has 1 amide bonds. The molecule has 0 radical (unpaired) electrons. The number of rotatable bonds is 3. The maximum absolute atomic E-state index is 12.9. The summed E-state index contributed by atoms with van der Waals surface area (Å²) in [7, 11) is 0. The van der Waals surface area contributed by atoms with Crippen molar-refractivity contribution < 1.29 is 18.0 Å². The fourth-order valence-electron chi connectivity index (χ4n) is 1.68. The van der Waals surface area contributed by atoms with Crippen molar-refractivity contribution in [3.63, 3.8) is 0 Å². The summed E-state index contributed by atoms with van der Waals surface area (Å²) in [5, 5.41) is 4.74. The SMILES string of the molecule is CC(=O)Nc1cccc(Nc2nc(Cl)ncc2C(F)(F)F)c1. The number of carbonyl (C=O) groups excluding carboxylic acids is 1. The van der Waals surface area contributed by atoms with Gasteiger partial charge in [0.2, 0.25) is 11.2 Å². The van der Waals surface area contributed by atoms with Crippen molar-refractivity contribution in [2.24, 2.45) is 0 Å². The van der Waals surface area contributed by atoms with Crippen LogP contribution in [0.15, 0.2) is 30.5 Å². The molecule has 0 saturated carbocycles. The Morgan fingerprint density at radius 3 is 2.59 bits per heavy atom.